The van der Waals surface area contributed by atoms with Crippen LogP contribution in [0.2, 0.25) is 0 Å². The van der Waals surface area contributed by atoms with Crippen molar-refractivity contribution in [3.63, 3.8) is 0 Å². The summed E-state index contributed by atoms with van der Waals surface area (Å²) in [6, 6.07) is 10.1. The van der Waals surface area contributed by atoms with Gasteiger partial charge in [-0.2, -0.15) is 0 Å². The quantitative estimate of drug-likeness (QED) is 0.868. The molecule has 0 fully saturated rings. The van der Waals surface area contributed by atoms with Gasteiger partial charge in [-0.25, -0.2) is 4.98 Å². The number of hydrogen-bond acceptors (Lipinski definition) is 3. The van der Waals surface area contributed by atoms with E-state index in [1.165, 1.54) is 35.4 Å². The second kappa shape index (κ2) is 6.85. The van der Waals surface area contributed by atoms with Crippen LogP contribution in [0, 0.1) is 0 Å². The molecule has 3 nitrogen and oxygen atoms in total. The third-order valence-electron chi connectivity index (χ3n) is 3.83. The van der Waals surface area contributed by atoms with Gasteiger partial charge in [0.1, 0.15) is 0 Å². The average molecular weight is 300 g/mol. The number of fused-ring (bicyclic) bond motifs is 1. The monoisotopic (exact) mass is 300 g/mol. The Kier molecular flexibility index (Phi) is 4.65. The number of amides is 1. The zero-order valence-corrected chi connectivity index (χ0v) is 12.9. The summed E-state index contributed by atoms with van der Waals surface area (Å²) in [5, 5.41) is 3.74. The van der Waals surface area contributed by atoms with Crippen LogP contribution in [-0.4, -0.2) is 10.9 Å². The molecule has 3 rings (SSSR count). The van der Waals surface area contributed by atoms with Crippen LogP contribution in [0.15, 0.2) is 30.3 Å². The minimum Gasteiger partial charge on any atom is -0.302 e. The zero-order valence-electron chi connectivity index (χ0n) is 12.1. The van der Waals surface area contributed by atoms with Gasteiger partial charge in [0.25, 0.3) is 0 Å². The van der Waals surface area contributed by atoms with E-state index in [1.807, 2.05) is 18.2 Å². The van der Waals surface area contributed by atoms with E-state index in [0.717, 1.165) is 24.4 Å². The fourth-order valence-corrected chi connectivity index (χ4v) is 3.73. The first-order valence-electron chi connectivity index (χ1n) is 7.63. The Morgan fingerprint density at radius 3 is 2.81 bits per heavy atom. The molecule has 0 atom stereocenters. The maximum Gasteiger partial charge on any atom is 0.226 e. The first-order chi connectivity index (χ1) is 10.3. The largest absolute Gasteiger partial charge is 0.302 e. The maximum atomic E-state index is 12.0. The predicted octanol–water partition coefficient (Wildman–Crippen LogP) is 3.98. The van der Waals surface area contributed by atoms with E-state index in [2.05, 4.69) is 22.4 Å². The molecule has 1 aromatic heterocycles. The average Bonchev–Trinajstić information content (AvgIpc) is 2.75. The number of anilines is 1. The first-order valence-corrected chi connectivity index (χ1v) is 8.45. The standard InChI is InChI=1S/C17H20N2OS/c20-16(12-11-13-7-3-1-4-8-13)19-17-18-14-9-5-2-6-10-15(14)21-17/h1,3-4,7-8H,2,5-6,9-12H2,(H,18,19,20). The highest BCUT2D eigenvalue weighted by Gasteiger charge is 2.15. The van der Waals surface area contributed by atoms with Crippen molar-refractivity contribution in [2.45, 2.75) is 44.9 Å². The second-order valence-electron chi connectivity index (χ2n) is 5.48. The van der Waals surface area contributed by atoms with Crippen LogP contribution in [0.3, 0.4) is 0 Å². The number of aromatic nitrogens is 1. The Labute approximate surface area is 129 Å². The molecular weight excluding hydrogens is 280 g/mol. The molecule has 1 heterocycles. The molecule has 1 aliphatic rings. The zero-order chi connectivity index (χ0) is 14.5. The number of rotatable bonds is 4. The van der Waals surface area contributed by atoms with E-state index in [4.69, 9.17) is 0 Å². The summed E-state index contributed by atoms with van der Waals surface area (Å²) in [6.07, 6.45) is 7.22. The van der Waals surface area contributed by atoms with Gasteiger partial charge in [0.05, 0.1) is 5.69 Å². The molecular formula is C17H20N2OS. The summed E-state index contributed by atoms with van der Waals surface area (Å²) in [4.78, 5) is 18.0. The first kappa shape index (κ1) is 14.3. The molecule has 1 amide bonds. The molecule has 0 bridgehead atoms. The Morgan fingerprint density at radius 2 is 1.95 bits per heavy atom. The van der Waals surface area contributed by atoms with Crippen LogP contribution in [-0.2, 0) is 24.1 Å². The highest BCUT2D eigenvalue weighted by Crippen LogP contribution is 2.28. The molecule has 2 aromatic rings. The lowest BCUT2D eigenvalue weighted by Gasteiger charge is -2.02. The number of hydrogen-bond donors (Lipinski definition) is 1. The van der Waals surface area contributed by atoms with Crippen molar-refractivity contribution in [3.8, 4) is 0 Å². The van der Waals surface area contributed by atoms with Crippen molar-refractivity contribution in [1.82, 2.24) is 4.98 Å². The molecule has 0 radical (unpaired) electrons. The van der Waals surface area contributed by atoms with E-state index < -0.39 is 0 Å². The third kappa shape index (κ3) is 3.91. The molecule has 0 unspecified atom stereocenters. The summed E-state index contributed by atoms with van der Waals surface area (Å²) in [5.74, 6) is 0.0581. The normalized spacial score (nSPS) is 14.3. The number of carbonyl (C=O) groups is 1. The van der Waals surface area contributed by atoms with E-state index in [1.54, 1.807) is 11.3 Å². The highest BCUT2D eigenvalue weighted by atomic mass is 32.1. The number of nitrogens with one attached hydrogen (secondary N) is 1. The smallest absolute Gasteiger partial charge is 0.226 e. The molecule has 1 aliphatic carbocycles. The summed E-state index contributed by atoms with van der Waals surface area (Å²) in [6.45, 7) is 0. The summed E-state index contributed by atoms with van der Waals surface area (Å²) in [5.41, 5.74) is 2.40. The summed E-state index contributed by atoms with van der Waals surface area (Å²) in [7, 11) is 0. The van der Waals surface area contributed by atoms with Crippen molar-refractivity contribution < 1.29 is 4.79 Å². The topological polar surface area (TPSA) is 42.0 Å². The lowest BCUT2D eigenvalue weighted by molar-refractivity contribution is -0.116. The Bertz CT molecular complexity index is 583. The van der Waals surface area contributed by atoms with Crippen LogP contribution >= 0.6 is 11.3 Å². The van der Waals surface area contributed by atoms with Gasteiger partial charge in [-0.1, -0.05) is 36.8 Å². The van der Waals surface area contributed by atoms with Crippen molar-refractivity contribution >= 4 is 22.4 Å². The number of nitrogens with zero attached hydrogens (tertiary/aromatic N) is 1. The molecule has 21 heavy (non-hydrogen) atoms. The van der Waals surface area contributed by atoms with Crippen LogP contribution < -0.4 is 5.32 Å². The highest BCUT2D eigenvalue weighted by molar-refractivity contribution is 7.15. The van der Waals surface area contributed by atoms with Gasteiger partial charge in [-0.05, 0) is 37.7 Å². The lowest BCUT2D eigenvalue weighted by atomic mass is 10.1. The molecule has 110 valence electrons. The molecule has 0 spiro atoms. The van der Waals surface area contributed by atoms with Gasteiger partial charge in [-0.15, -0.1) is 11.3 Å². The fourth-order valence-electron chi connectivity index (χ4n) is 2.67. The van der Waals surface area contributed by atoms with Crippen LogP contribution in [0.5, 0.6) is 0 Å². The van der Waals surface area contributed by atoms with Crippen LogP contribution in [0.1, 0.15) is 41.8 Å². The summed E-state index contributed by atoms with van der Waals surface area (Å²) >= 11 is 1.66. The van der Waals surface area contributed by atoms with Gasteiger partial charge < -0.3 is 5.32 Å². The Hall–Kier alpha value is -1.68. The van der Waals surface area contributed by atoms with Gasteiger partial charge in [-0.3, -0.25) is 4.79 Å². The molecule has 0 saturated carbocycles. The molecule has 4 heteroatoms. The van der Waals surface area contributed by atoms with Gasteiger partial charge in [0.2, 0.25) is 5.91 Å². The van der Waals surface area contributed by atoms with Gasteiger partial charge in [0, 0.05) is 11.3 Å². The van der Waals surface area contributed by atoms with E-state index in [-0.39, 0.29) is 5.91 Å². The molecule has 1 N–H and O–H groups in total. The SMILES string of the molecule is O=C(CCc1ccccc1)Nc1nc2c(s1)CCCCC2. The summed E-state index contributed by atoms with van der Waals surface area (Å²) < 4.78 is 0. The molecule has 1 aromatic carbocycles. The van der Waals surface area contributed by atoms with Crippen molar-refractivity contribution in [2.75, 3.05) is 5.32 Å². The fraction of sp³-hybridized carbons (Fsp3) is 0.412. The number of thiazole rings is 1. The number of benzene rings is 1. The minimum atomic E-state index is 0.0581. The predicted molar refractivity (Wildman–Crippen MR) is 86.8 cm³/mol. The van der Waals surface area contributed by atoms with Crippen LogP contribution in [0.25, 0.3) is 0 Å². The van der Waals surface area contributed by atoms with E-state index in [0.29, 0.717) is 6.42 Å². The Balaban J connectivity index is 1.55. The number of aryl methyl sites for hydroxylation is 3. The van der Waals surface area contributed by atoms with Crippen LogP contribution in [0.4, 0.5) is 5.13 Å². The van der Waals surface area contributed by atoms with Crippen molar-refractivity contribution in [1.29, 1.82) is 0 Å². The lowest BCUT2D eigenvalue weighted by Crippen LogP contribution is -2.12. The van der Waals surface area contributed by atoms with Crippen molar-refractivity contribution in [3.05, 3.63) is 46.5 Å². The third-order valence-corrected chi connectivity index (χ3v) is 4.90. The van der Waals surface area contributed by atoms with Gasteiger partial charge >= 0.3 is 0 Å². The van der Waals surface area contributed by atoms with Gasteiger partial charge in [0.15, 0.2) is 5.13 Å². The molecule has 0 aliphatic heterocycles. The minimum absolute atomic E-state index is 0.0581. The van der Waals surface area contributed by atoms with Crippen molar-refractivity contribution in [2.24, 2.45) is 0 Å². The maximum absolute atomic E-state index is 12.0. The number of carbonyl (C=O) groups excluding carboxylic acids is 1. The Morgan fingerprint density at radius 1 is 1.14 bits per heavy atom. The van der Waals surface area contributed by atoms with E-state index in [9.17, 15) is 4.79 Å². The second-order valence-corrected chi connectivity index (χ2v) is 6.57. The molecule has 0 saturated heterocycles. The van der Waals surface area contributed by atoms with E-state index >= 15 is 0 Å².